The average Bonchev–Trinajstić information content (AvgIpc) is 3.48. The predicted octanol–water partition coefficient (Wildman–Crippen LogP) is 7.28. The third kappa shape index (κ3) is 4.53. The van der Waals surface area contributed by atoms with Crippen molar-refractivity contribution in [1.82, 2.24) is 0 Å². The van der Waals surface area contributed by atoms with E-state index in [0.717, 1.165) is 49.0 Å². The Morgan fingerprint density at radius 2 is 1.76 bits per heavy atom. The van der Waals surface area contributed by atoms with Crippen LogP contribution in [-0.2, 0) is 11.4 Å². The molecule has 0 bridgehead atoms. The van der Waals surface area contributed by atoms with Crippen LogP contribution in [0.15, 0.2) is 66.7 Å². The molecule has 0 spiro atoms. The standard InChI is InChI=1S/C28H25ClFNO2/c29-21-13-14-27(33-18-20-6-1-2-11-26(20)30)25(17-21)24-10-4-9-23(24)19-7-3-8-22(16-19)31-15-5-12-28(31)32/h1-3,6-8,11,13-14,16-17H,4-5,9-10,12,15,18H2. The van der Waals surface area contributed by atoms with Gasteiger partial charge >= 0.3 is 0 Å². The van der Waals surface area contributed by atoms with Gasteiger partial charge in [-0.1, -0.05) is 41.9 Å². The van der Waals surface area contributed by atoms with Gasteiger partial charge in [-0.15, -0.1) is 0 Å². The molecule has 3 nitrogen and oxygen atoms in total. The maximum Gasteiger partial charge on any atom is 0.227 e. The Bertz CT molecular complexity index is 1240. The quantitative estimate of drug-likeness (QED) is 0.386. The van der Waals surface area contributed by atoms with Crippen molar-refractivity contribution in [3.63, 3.8) is 0 Å². The van der Waals surface area contributed by atoms with E-state index in [9.17, 15) is 9.18 Å². The molecular formula is C28H25ClFNO2. The fourth-order valence-corrected chi connectivity index (χ4v) is 4.95. The van der Waals surface area contributed by atoms with Crippen LogP contribution in [0, 0.1) is 5.82 Å². The molecule has 0 atom stereocenters. The van der Waals surface area contributed by atoms with E-state index in [1.165, 1.54) is 17.2 Å². The summed E-state index contributed by atoms with van der Waals surface area (Å²) in [6.07, 6.45) is 4.42. The Morgan fingerprint density at radius 1 is 0.909 bits per heavy atom. The van der Waals surface area contributed by atoms with E-state index in [-0.39, 0.29) is 18.3 Å². The van der Waals surface area contributed by atoms with Crippen molar-refractivity contribution in [2.75, 3.05) is 11.4 Å². The molecule has 1 aliphatic carbocycles. The maximum absolute atomic E-state index is 14.1. The minimum absolute atomic E-state index is 0.149. The Kier molecular flexibility index (Phi) is 6.19. The van der Waals surface area contributed by atoms with Gasteiger partial charge < -0.3 is 9.64 Å². The number of hydrogen-bond acceptors (Lipinski definition) is 2. The van der Waals surface area contributed by atoms with Gasteiger partial charge in [-0.3, -0.25) is 4.79 Å². The fourth-order valence-electron chi connectivity index (χ4n) is 4.78. The highest BCUT2D eigenvalue weighted by Gasteiger charge is 2.24. The maximum atomic E-state index is 14.1. The van der Waals surface area contributed by atoms with E-state index < -0.39 is 0 Å². The number of rotatable bonds is 6. The van der Waals surface area contributed by atoms with Gasteiger partial charge in [-0.05, 0) is 78.8 Å². The van der Waals surface area contributed by atoms with Gasteiger partial charge in [0, 0.05) is 34.8 Å². The molecule has 2 aliphatic rings. The van der Waals surface area contributed by atoms with Crippen LogP contribution >= 0.6 is 11.6 Å². The third-order valence-electron chi connectivity index (χ3n) is 6.41. The van der Waals surface area contributed by atoms with E-state index in [0.29, 0.717) is 22.8 Å². The van der Waals surface area contributed by atoms with Crippen LogP contribution in [0.5, 0.6) is 5.75 Å². The summed E-state index contributed by atoms with van der Waals surface area (Å²) in [6.45, 7) is 0.924. The van der Waals surface area contributed by atoms with Gasteiger partial charge in [0.15, 0.2) is 0 Å². The van der Waals surface area contributed by atoms with E-state index in [2.05, 4.69) is 12.1 Å². The smallest absolute Gasteiger partial charge is 0.227 e. The highest BCUT2D eigenvalue weighted by molar-refractivity contribution is 6.30. The van der Waals surface area contributed by atoms with E-state index in [4.69, 9.17) is 16.3 Å². The molecule has 168 valence electrons. The van der Waals surface area contributed by atoms with Gasteiger partial charge in [0.25, 0.3) is 0 Å². The van der Waals surface area contributed by atoms with Gasteiger partial charge in [0.05, 0.1) is 0 Å². The monoisotopic (exact) mass is 461 g/mol. The van der Waals surface area contributed by atoms with Crippen LogP contribution in [0.3, 0.4) is 0 Å². The van der Waals surface area contributed by atoms with Crippen LogP contribution in [0.2, 0.25) is 5.02 Å². The number of nitrogens with zero attached hydrogens (tertiary/aromatic N) is 1. The Labute approximate surface area is 198 Å². The molecule has 0 aromatic heterocycles. The first-order valence-electron chi connectivity index (χ1n) is 11.4. The Morgan fingerprint density at radius 3 is 2.58 bits per heavy atom. The summed E-state index contributed by atoms with van der Waals surface area (Å²) in [4.78, 5) is 14.1. The van der Waals surface area contributed by atoms with Gasteiger partial charge in [-0.2, -0.15) is 0 Å². The molecule has 1 aliphatic heterocycles. The second-order valence-electron chi connectivity index (χ2n) is 8.53. The van der Waals surface area contributed by atoms with Gasteiger partial charge in [-0.25, -0.2) is 4.39 Å². The first-order valence-corrected chi connectivity index (χ1v) is 11.8. The predicted molar refractivity (Wildman–Crippen MR) is 131 cm³/mol. The molecule has 0 unspecified atom stereocenters. The van der Waals surface area contributed by atoms with Crippen LogP contribution in [0.4, 0.5) is 10.1 Å². The average molecular weight is 462 g/mol. The number of ether oxygens (including phenoxy) is 1. The lowest BCUT2D eigenvalue weighted by Crippen LogP contribution is -2.23. The highest BCUT2D eigenvalue weighted by atomic mass is 35.5. The second kappa shape index (κ2) is 9.40. The van der Waals surface area contributed by atoms with Crippen LogP contribution < -0.4 is 9.64 Å². The van der Waals surface area contributed by atoms with Crippen molar-refractivity contribution in [2.24, 2.45) is 0 Å². The lowest BCUT2D eigenvalue weighted by atomic mass is 9.96. The largest absolute Gasteiger partial charge is 0.488 e. The summed E-state index contributed by atoms with van der Waals surface area (Å²) in [5, 5.41) is 0.637. The van der Waals surface area contributed by atoms with Crippen LogP contribution in [0.25, 0.3) is 11.1 Å². The van der Waals surface area contributed by atoms with E-state index >= 15 is 0 Å². The summed E-state index contributed by atoms with van der Waals surface area (Å²) >= 11 is 6.38. The first kappa shape index (κ1) is 21.7. The van der Waals surface area contributed by atoms with Gasteiger partial charge in [0.1, 0.15) is 18.2 Å². The number of benzene rings is 3. The van der Waals surface area contributed by atoms with E-state index in [1.54, 1.807) is 24.3 Å². The fraction of sp³-hybridized carbons (Fsp3) is 0.250. The highest BCUT2D eigenvalue weighted by Crippen LogP contribution is 2.44. The normalized spacial score (nSPS) is 16.1. The first-order chi connectivity index (χ1) is 16.1. The number of carbonyl (C=O) groups excluding carboxylic acids is 1. The van der Waals surface area contributed by atoms with Crippen LogP contribution in [0.1, 0.15) is 48.8 Å². The Balaban J connectivity index is 1.50. The molecular weight excluding hydrogens is 437 g/mol. The topological polar surface area (TPSA) is 29.5 Å². The summed E-state index contributed by atoms with van der Waals surface area (Å²) in [5.74, 6) is 0.608. The molecule has 1 heterocycles. The molecule has 0 saturated carbocycles. The van der Waals surface area contributed by atoms with Crippen molar-refractivity contribution in [1.29, 1.82) is 0 Å². The zero-order chi connectivity index (χ0) is 22.8. The zero-order valence-electron chi connectivity index (χ0n) is 18.3. The third-order valence-corrected chi connectivity index (χ3v) is 6.64. The van der Waals surface area contributed by atoms with Crippen molar-refractivity contribution in [2.45, 2.75) is 38.7 Å². The number of allylic oxidation sites excluding steroid dienone is 2. The number of anilines is 1. The molecule has 0 radical (unpaired) electrons. The lowest BCUT2D eigenvalue weighted by molar-refractivity contribution is -0.117. The zero-order valence-corrected chi connectivity index (χ0v) is 19.1. The van der Waals surface area contributed by atoms with Gasteiger partial charge in [0.2, 0.25) is 5.91 Å². The second-order valence-corrected chi connectivity index (χ2v) is 8.97. The minimum atomic E-state index is -0.276. The number of amides is 1. The Hall–Kier alpha value is -3.11. The van der Waals surface area contributed by atoms with Crippen molar-refractivity contribution < 1.29 is 13.9 Å². The van der Waals surface area contributed by atoms with Crippen molar-refractivity contribution in [3.8, 4) is 5.75 Å². The van der Waals surface area contributed by atoms with E-state index in [1.807, 2.05) is 29.2 Å². The molecule has 0 N–H and O–H groups in total. The summed E-state index contributed by atoms with van der Waals surface area (Å²) in [5.41, 5.74) is 6.00. The molecule has 3 aromatic rings. The lowest BCUT2D eigenvalue weighted by Gasteiger charge is -2.18. The molecule has 1 saturated heterocycles. The molecule has 33 heavy (non-hydrogen) atoms. The van der Waals surface area contributed by atoms with Crippen molar-refractivity contribution >= 4 is 34.3 Å². The minimum Gasteiger partial charge on any atom is -0.488 e. The molecule has 1 amide bonds. The summed E-state index contributed by atoms with van der Waals surface area (Å²) in [7, 11) is 0. The molecule has 1 fully saturated rings. The molecule has 3 aromatic carbocycles. The number of hydrogen-bond donors (Lipinski definition) is 0. The molecule has 5 heteroatoms. The SMILES string of the molecule is O=C1CCCN1c1cccc(C2=C(c3cc(Cl)ccc3OCc3ccccc3F)CCC2)c1. The molecule has 5 rings (SSSR count). The number of carbonyl (C=O) groups is 1. The summed E-state index contributed by atoms with van der Waals surface area (Å²) < 4.78 is 20.2. The summed E-state index contributed by atoms with van der Waals surface area (Å²) in [6, 6.07) is 20.5. The van der Waals surface area contributed by atoms with Crippen molar-refractivity contribution in [3.05, 3.63) is 94.3 Å². The number of halogens is 2. The van der Waals surface area contributed by atoms with Crippen LogP contribution in [-0.4, -0.2) is 12.5 Å².